The number of halogens is 2. The molecule has 0 aromatic carbocycles. The minimum absolute atomic E-state index is 0.340. The van der Waals surface area contributed by atoms with Gasteiger partial charge in [-0.2, -0.15) is 0 Å². The molecule has 1 saturated carbocycles. The molecule has 0 saturated heterocycles. The Bertz CT molecular complexity index is 297. The Morgan fingerprint density at radius 1 is 1.36 bits per heavy atom. The summed E-state index contributed by atoms with van der Waals surface area (Å²) in [5, 5.41) is 0.340. The first-order valence-corrected chi connectivity index (χ1v) is 6.37. The Morgan fingerprint density at radius 2 is 2.14 bits per heavy atom. The Labute approximate surface area is 97.9 Å². The van der Waals surface area contributed by atoms with Crippen molar-refractivity contribution in [2.24, 2.45) is 5.92 Å². The van der Waals surface area contributed by atoms with Crippen molar-refractivity contribution in [3.63, 3.8) is 0 Å². The van der Waals surface area contributed by atoms with Crippen LogP contribution < -0.4 is 0 Å². The summed E-state index contributed by atoms with van der Waals surface area (Å²) in [6.07, 6.45) is 5.99. The number of hydrogen-bond donors (Lipinski definition) is 0. The molecule has 0 radical (unpaired) electrons. The number of rotatable bonds is 2. The lowest BCUT2D eigenvalue weighted by atomic mass is 9.86. The van der Waals surface area contributed by atoms with E-state index in [9.17, 15) is 0 Å². The predicted molar refractivity (Wildman–Crippen MR) is 61.7 cm³/mol. The first kappa shape index (κ1) is 10.6. The van der Waals surface area contributed by atoms with Gasteiger partial charge in [0, 0.05) is 11.8 Å². The maximum Gasteiger partial charge on any atom is 0.169 e. The van der Waals surface area contributed by atoms with E-state index in [1.54, 1.807) is 0 Å². The van der Waals surface area contributed by atoms with Crippen molar-refractivity contribution in [2.75, 3.05) is 0 Å². The minimum Gasteiger partial charge on any atom is -0.454 e. The van der Waals surface area contributed by atoms with E-state index in [1.807, 2.05) is 12.1 Å². The van der Waals surface area contributed by atoms with E-state index in [1.165, 1.54) is 19.3 Å². The normalized spacial score (nSPS) is 27.9. The molecule has 2 atom stereocenters. The van der Waals surface area contributed by atoms with Crippen LogP contribution in [0, 0.1) is 5.92 Å². The van der Waals surface area contributed by atoms with Crippen LogP contribution in [0.3, 0.4) is 0 Å². The van der Waals surface area contributed by atoms with Crippen LogP contribution in [0.1, 0.15) is 31.4 Å². The average molecular weight is 278 g/mol. The fraction of sp³-hybridized carbons (Fsp3) is 0.636. The summed E-state index contributed by atoms with van der Waals surface area (Å²) in [6.45, 7) is 0. The summed E-state index contributed by atoms with van der Waals surface area (Å²) in [4.78, 5) is 0. The molecule has 2 unspecified atom stereocenters. The van der Waals surface area contributed by atoms with Gasteiger partial charge in [-0.25, -0.2) is 0 Å². The van der Waals surface area contributed by atoms with Gasteiger partial charge in [0.2, 0.25) is 0 Å². The zero-order chi connectivity index (χ0) is 9.97. The molecule has 2 rings (SSSR count). The van der Waals surface area contributed by atoms with Gasteiger partial charge >= 0.3 is 0 Å². The molecule has 0 amide bonds. The van der Waals surface area contributed by atoms with Gasteiger partial charge < -0.3 is 4.42 Å². The lowest BCUT2D eigenvalue weighted by molar-refractivity contribution is 0.337. The Hall–Kier alpha value is 0.0500. The van der Waals surface area contributed by atoms with Crippen molar-refractivity contribution in [3.8, 4) is 0 Å². The molecule has 3 heteroatoms. The monoisotopic (exact) mass is 276 g/mol. The molecular weight excluding hydrogens is 263 g/mol. The van der Waals surface area contributed by atoms with Crippen molar-refractivity contribution in [1.82, 2.24) is 0 Å². The molecule has 78 valence electrons. The number of alkyl halides is 1. The SMILES string of the molecule is ClC1CCCCC1Cc1ccc(Br)o1. The molecule has 1 heterocycles. The van der Waals surface area contributed by atoms with Crippen LogP contribution in [0.2, 0.25) is 0 Å². The topological polar surface area (TPSA) is 13.1 Å². The van der Waals surface area contributed by atoms with Crippen LogP contribution in [0.25, 0.3) is 0 Å². The zero-order valence-corrected chi connectivity index (χ0v) is 10.4. The van der Waals surface area contributed by atoms with E-state index >= 15 is 0 Å². The van der Waals surface area contributed by atoms with Crippen molar-refractivity contribution in [2.45, 2.75) is 37.5 Å². The molecule has 1 aromatic heterocycles. The highest BCUT2D eigenvalue weighted by molar-refractivity contribution is 9.10. The third-order valence-corrected chi connectivity index (χ3v) is 3.91. The van der Waals surface area contributed by atoms with E-state index in [4.69, 9.17) is 16.0 Å². The summed E-state index contributed by atoms with van der Waals surface area (Å²) in [7, 11) is 0. The summed E-state index contributed by atoms with van der Waals surface area (Å²) in [6, 6.07) is 3.98. The van der Waals surface area contributed by atoms with Gasteiger partial charge in [0.1, 0.15) is 5.76 Å². The van der Waals surface area contributed by atoms with Crippen LogP contribution in [-0.2, 0) is 6.42 Å². The fourth-order valence-electron chi connectivity index (χ4n) is 2.11. The van der Waals surface area contributed by atoms with Gasteiger partial charge in [-0.05, 0) is 46.8 Å². The summed E-state index contributed by atoms with van der Waals surface area (Å²) in [5.41, 5.74) is 0. The highest BCUT2D eigenvalue weighted by atomic mass is 79.9. The molecule has 14 heavy (non-hydrogen) atoms. The van der Waals surface area contributed by atoms with Crippen molar-refractivity contribution >= 4 is 27.5 Å². The van der Waals surface area contributed by atoms with Crippen LogP contribution in [0.15, 0.2) is 21.2 Å². The van der Waals surface area contributed by atoms with Crippen LogP contribution in [0.5, 0.6) is 0 Å². The molecule has 1 aliphatic rings. The lowest BCUT2D eigenvalue weighted by Crippen LogP contribution is -2.21. The maximum atomic E-state index is 6.29. The molecule has 1 fully saturated rings. The van der Waals surface area contributed by atoms with Gasteiger partial charge in [0.15, 0.2) is 4.67 Å². The smallest absolute Gasteiger partial charge is 0.169 e. The first-order valence-electron chi connectivity index (χ1n) is 5.14. The molecule has 0 spiro atoms. The van der Waals surface area contributed by atoms with Crippen LogP contribution in [-0.4, -0.2) is 5.38 Å². The molecule has 0 N–H and O–H groups in total. The molecular formula is C11H14BrClO. The lowest BCUT2D eigenvalue weighted by Gasteiger charge is -2.26. The predicted octanol–water partition coefficient (Wildman–Crippen LogP) is 4.38. The third-order valence-electron chi connectivity index (χ3n) is 2.91. The first-order chi connectivity index (χ1) is 6.75. The number of hydrogen-bond acceptors (Lipinski definition) is 1. The van der Waals surface area contributed by atoms with Crippen molar-refractivity contribution in [3.05, 3.63) is 22.6 Å². The highest BCUT2D eigenvalue weighted by Gasteiger charge is 2.24. The van der Waals surface area contributed by atoms with E-state index in [0.717, 1.165) is 23.3 Å². The highest BCUT2D eigenvalue weighted by Crippen LogP contribution is 2.31. The Balaban J connectivity index is 1.95. The Morgan fingerprint density at radius 3 is 2.79 bits per heavy atom. The van der Waals surface area contributed by atoms with Crippen molar-refractivity contribution in [1.29, 1.82) is 0 Å². The second kappa shape index (κ2) is 4.71. The second-order valence-electron chi connectivity index (χ2n) is 3.97. The van der Waals surface area contributed by atoms with Gasteiger partial charge in [0.05, 0.1) is 0 Å². The van der Waals surface area contributed by atoms with Gasteiger partial charge in [-0.15, -0.1) is 11.6 Å². The zero-order valence-electron chi connectivity index (χ0n) is 8.01. The average Bonchev–Trinajstić information content (AvgIpc) is 2.56. The van der Waals surface area contributed by atoms with Crippen molar-refractivity contribution < 1.29 is 4.42 Å². The van der Waals surface area contributed by atoms with Crippen LogP contribution in [0.4, 0.5) is 0 Å². The summed E-state index contributed by atoms with van der Waals surface area (Å²) >= 11 is 9.60. The van der Waals surface area contributed by atoms with E-state index in [2.05, 4.69) is 15.9 Å². The molecule has 1 aromatic rings. The molecule has 1 nitrogen and oxygen atoms in total. The molecule has 0 bridgehead atoms. The van der Waals surface area contributed by atoms with E-state index in [0.29, 0.717) is 11.3 Å². The summed E-state index contributed by atoms with van der Waals surface area (Å²) < 4.78 is 6.31. The second-order valence-corrected chi connectivity index (χ2v) is 5.31. The maximum absolute atomic E-state index is 6.29. The molecule has 1 aliphatic carbocycles. The largest absolute Gasteiger partial charge is 0.454 e. The number of furan rings is 1. The standard InChI is InChI=1S/C11H14BrClO/c12-11-6-5-9(14-11)7-8-3-1-2-4-10(8)13/h5-6,8,10H,1-4,7H2. The summed E-state index contributed by atoms with van der Waals surface area (Å²) in [5.74, 6) is 1.65. The van der Waals surface area contributed by atoms with Gasteiger partial charge in [-0.1, -0.05) is 12.8 Å². The van der Waals surface area contributed by atoms with Gasteiger partial charge in [-0.3, -0.25) is 0 Å². The minimum atomic E-state index is 0.340. The fourth-order valence-corrected chi connectivity index (χ4v) is 2.82. The molecule has 0 aliphatic heterocycles. The van der Waals surface area contributed by atoms with Crippen LogP contribution >= 0.6 is 27.5 Å². The quantitative estimate of drug-likeness (QED) is 0.731. The Kier molecular flexibility index (Phi) is 3.56. The van der Waals surface area contributed by atoms with E-state index < -0.39 is 0 Å². The van der Waals surface area contributed by atoms with Gasteiger partial charge in [0.25, 0.3) is 0 Å². The third kappa shape index (κ3) is 2.54. The van der Waals surface area contributed by atoms with E-state index in [-0.39, 0.29) is 0 Å².